The number of benzene rings is 1. The number of anilines is 1. The third-order valence-electron chi connectivity index (χ3n) is 2.78. The molecule has 16 heavy (non-hydrogen) atoms. The molecule has 4 heteroatoms. The number of nitrogens with two attached hydrogens (primary N) is 1. The molecule has 0 spiro atoms. The van der Waals surface area contributed by atoms with Crippen molar-refractivity contribution < 1.29 is 4.79 Å². The Kier molecular flexibility index (Phi) is 3.21. The van der Waals surface area contributed by atoms with Crippen LogP contribution in [0.25, 0.3) is 0 Å². The minimum atomic E-state index is 0.0103. The largest absolute Gasteiger partial charge is 0.326 e. The van der Waals surface area contributed by atoms with Crippen LogP contribution in [0.3, 0.4) is 0 Å². The lowest BCUT2D eigenvalue weighted by atomic mass is 10.1. The molecule has 1 unspecified atom stereocenters. The molecule has 1 aromatic rings. The number of rotatable bonds is 2. The molecule has 0 bridgehead atoms. The zero-order valence-corrected chi connectivity index (χ0v) is 10.4. The lowest BCUT2D eigenvalue weighted by Crippen LogP contribution is -2.39. The van der Waals surface area contributed by atoms with Gasteiger partial charge in [-0.3, -0.25) is 4.79 Å². The Morgan fingerprint density at radius 2 is 2.25 bits per heavy atom. The predicted octanol–water partition coefficient (Wildman–Crippen LogP) is 1.99. The van der Waals surface area contributed by atoms with Gasteiger partial charge < -0.3 is 10.6 Å². The molecule has 2 rings (SSSR count). The van der Waals surface area contributed by atoms with E-state index in [1.165, 1.54) is 4.90 Å². The zero-order chi connectivity index (χ0) is 11.7. The molecule has 0 aliphatic carbocycles. The minimum absolute atomic E-state index is 0.0103. The van der Waals surface area contributed by atoms with Crippen molar-refractivity contribution in [3.63, 3.8) is 0 Å². The maximum atomic E-state index is 12.0. The molecule has 0 fully saturated rings. The molecule has 0 saturated carbocycles. The van der Waals surface area contributed by atoms with Crippen molar-refractivity contribution in [1.82, 2.24) is 0 Å². The Hall–Kier alpha value is -1.00. The molecule has 1 amide bonds. The fourth-order valence-corrected chi connectivity index (χ4v) is 2.95. The van der Waals surface area contributed by atoms with Crippen LogP contribution in [0.4, 0.5) is 5.69 Å². The second-order valence-electron chi connectivity index (χ2n) is 3.85. The quantitative estimate of drug-likeness (QED) is 0.854. The number of hydrogen-bond acceptors (Lipinski definition) is 3. The van der Waals surface area contributed by atoms with E-state index in [0.29, 0.717) is 13.1 Å². The van der Waals surface area contributed by atoms with Crippen molar-refractivity contribution in [2.45, 2.75) is 30.5 Å². The van der Waals surface area contributed by atoms with Crippen molar-refractivity contribution >= 4 is 23.4 Å². The second kappa shape index (κ2) is 4.47. The summed E-state index contributed by atoms with van der Waals surface area (Å²) in [5.74, 6) is 0.189. The first-order valence-electron chi connectivity index (χ1n) is 5.48. The molecule has 2 N–H and O–H groups in total. The molecule has 86 valence electrons. The van der Waals surface area contributed by atoms with Crippen molar-refractivity contribution in [3.8, 4) is 0 Å². The Labute approximate surface area is 100.0 Å². The Balaban J connectivity index is 2.48. The summed E-state index contributed by atoms with van der Waals surface area (Å²) in [4.78, 5) is 15.0. The van der Waals surface area contributed by atoms with Crippen LogP contribution in [-0.2, 0) is 11.3 Å². The summed E-state index contributed by atoms with van der Waals surface area (Å²) < 4.78 is 0. The third kappa shape index (κ3) is 1.83. The van der Waals surface area contributed by atoms with Crippen molar-refractivity contribution in [3.05, 3.63) is 23.8 Å². The molecular weight excluding hydrogens is 220 g/mol. The molecule has 1 aliphatic rings. The number of amides is 1. The molecule has 0 aromatic heterocycles. The summed E-state index contributed by atoms with van der Waals surface area (Å²) in [6.07, 6.45) is 0. The van der Waals surface area contributed by atoms with Gasteiger partial charge in [0.1, 0.15) is 0 Å². The minimum Gasteiger partial charge on any atom is -0.326 e. The lowest BCUT2D eigenvalue weighted by molar-refractivity contribution is -0.117. The van der Waals surface area contributed by atoms with E-state index < -0.39 is 0 Å². The van der Waals surface area contributed by atoms with Gasteiger partial charge in [0.15, 0.2) is 0 Å². The summed E-state index contributed by atoms with van der Waals surface area (Å²) in [5.41, 5.74) is 7.70. The Morgan fingerprint density at radius 3 is 2.88 bits per heavy atom. The van der Waals surface area contributed by atoms with Crippen LogP contribution in [0.1, 0.15) is 19.4 Å². The van der Waals surface area contributed by atoms with E-state index >= 15 is 0 Å². The van der Waals surface area contributed by atoms with Gasteiger partial charge in [-0.05, 0) is 31.5 Å². The van der Waals surface area contributed by atoms with Crippen molar-refractivity contribution in [2.75, 3.05) is 11.4 Å². The average molecular weight is 236 g/mol. The first kappa shape index (κ1) is 11.5. The first-order valence-corrected chi connectivity index (χ1v) is 6.36. The molecule has 1 heterocycles. The van der Waals surface area contributed by atoms with Crippen LogP contribution in [0, 0.1) is 0 Å². The topological polar surface area (TPSA) is 46.3 Å². The molecule has 1 atom stereocenters. The molecular formula is C12H16N2OS. The summed E-state index contributed by atoms with van der Waals surface area (Å²) in [7, 11) is 0. The third-order valence-corrected chi connectivity index (χ3v) is 3.94. The van der Waals surface area contributed by atoms with Gasteiger partial charge >= 0.3 is 0 Å². The van der Waals surface area contributed by atoms with E-state index in [0.717, 1.165) is 11.3 Å². The van der Waals surface area contributed by atoms with E-state index in [-0.39, 0.29) is 11.2 Å². The van der Waals surface area contributed by atoms with Crippen LogP contribution >= 0.6 is 11.8 Å². The number of hydrogen-bond donors (Lipinski definition) is 1. The standard InChI is InChI=1S/C12H16N2OS/c1-3-14-10-6-9(7-13)4-5-11(10)16-8(2)12(14)15/h4-6,8H,3,7,13H2,1-2H3. The van der Waals surface area contributed by atoms with Crippen LogP contribution in [0.5, 0.6) is 0 Å². The number of nitrogens with zero attached hydrogens (tertiary/aromatic N) is 1. The predicted molar refractivity (Wildman–Crippen MR) is 67.7 cm³/mol. The smallest absolute Gasteiger partial charge is 0.240 e. The van der Waals surface area contributed by atoms with Crippen molar-refractivity contribution in [1.29, 1.82) is 0 Å². The molecule has 0 saturated heterocycles. The Bertz CT molecular complexity index is 419. The maximum absolute atomic E-state index is 12.0. The van der Waals surface area contributed by atoms with Gasteiger partial charge in [0.05, 0.1) is 10.9 Å². The highest BCUT2D eigenvalue weighted by atomic mass is 32.2. The number of carbonyl (C=O) groups excluding carboxylic acids is 1. The Morgan fingerprint density at radius 1 is 1.50 bits per heavy atom. The van der Waals surface area contributed by atoms with Gasteiger partial charge in [-0.15, -0.1) is 11.8 Å². The van der Waals surface area contributed by atoms with E-state index in [9.17, 15) is 4.79 Å². The van der Waals surface area contributed by atoms with Crippen LogP contribution in [0.15, 0.2) is 23.1 Å². The maximum Gasteiger partial charge on any atom is 0.240 e. The molecule has 1 aromatic carbocycles. The van der Waals surface area contributed by atoms with Crippen LogP contribution in [0.2, 0.25) is 0 Å². The summed E-state index contributed by atoms with van der Waals surface area (Å²) in [6.45, 7) is 5.18. The SMILES string of the molecule is CCN1C(=O)C(C)Sc2ccc(CN)cc21. The van der Waals surface area contributed by atoms with E-state index in [2.05, 4.69) is 6.07 Å². The van der Waals surface area contributed by atoms with Gasteiger partial charge in [0.2, 0.25) is 5.91 Å². The van der Waals surface area contributed by atoms with Gasteiger partial charge in [-0.2, -0.15) is 0 Å². The van der Waals surface area contributed by atoms with E-state index in [1.807, 2.05) is 30.9 Å². The lowest BCUT2D eigenvalue weighted by Gasteiger charge is -2.31. The van der Waals surface area contributed by atoms with Gasteiger partial charge in [-0.25, -0.2) is 0 Å². The highest BCUT2D eigenvalue weighted by Crippen LogP contribution is 2.39. The fraction of sp³-hybridized carbons (Fsp3) is 0.417. The molecule has 3 nitrogen and oxygen atoms in total. The normalized spacial score (nSPS) is 19.8. The summed E-state index contributed by atoms with van der Waals surface area (Å²) in [5, 5.41) is 0.0103. The summed E-state index contributed by atoms with van der Waals surface area (Å²) in [6, 6.07) is 6.12. The summed E-state index contributed by atoms with van der Waals surface area (Å²) >= 11 is 1.63. The van der Waals surface area contributed by atoms with Crippen molar-refractivity contribution in [2.24, 2.45) is 5.73 Å². The highest BCUT2D eigenvalue weighted by Gasteiger charge is 2.29. The second-order valence-corrected chi connectivity index (χ2v) is 5.23. The number of thioether (sulfide) groups is 1. The molecule has 0 radical (unpaired) electrons. The van der Waals surface area contributed by atoms with E-state index in [1.54, 1.807) is 11.8 Å². The zero-order valence-electron chi connectivity index (χ0n) is 9.56. The number of carbonyl (C=O) groups is 1. The fourth-order valence-electron chi connectivity index (χ4n) is 1.91. The monoisotopic (exact) mass is 236 g/mol. The molecule has 1 aliphatic heterocycles. The van der Waals surface area contributed by atoms with Gasteiger partial charge in [0.25, 0.3) is 0 Å². The average Bonchev–Trinajstić information content (AvgIpc) is 2.30. The van der Waals surface area contributed by atoms with Gasteiger partial charge in [0, 0.05) is 18.0 Å². The highest BCUT2D eigenvalue weighted by molar-refractivity contribution is 8.00. The van der Waals surface area contributed by atoms with E-state index in [4.69, 9.17) is 5.73 Å². The van der Waals surface area contributed by atoms with Crippen LogP contribution in [-0.4, -0.2) is 17.7 Å². The number of fused-ring (bicyclic) bond motifs is 1. The first-order chi connectivity index (χ1) is 7.67. The van der Waals surface area contributed by atoms with Gasteiger partial charge in [-0.1, -0.05) is 6.07 Å². The van der Waals surface area contributed by atoms with Crippen LogP contribution < -0.4 is 10.6 Å².